The minimum atomic E-state index is -0.905. The summed E-state index contributed by atoms with van der Waals surface area (Å²) in [5.74, 6) is -0.905. The molecule has 0 aromatic heterocycles. The number of rotatable bonds is 8. The van der Waals surface area contributed by atoms with Gasteiger partial charge in [0.2, 0.25) is 0 Å². The highest BCUT2D eigenvalue weighted by Crippen LogP contribution is 2.19. The molecule has 1 rings (SSSR count). The van der Waals surface area contributed by atoms with Gasteiger partial charge in [0.1, 0.15) is 0 Å². The summed E-state index contributed by atoms with van der Waals surface area (Å²) in [5.41, 5.74) is 2.11. The Hall–Kier alpha value is -1.59. The minimum Gasteiger partial charge on any atom is -0.478 e. The van der Waals surface area contributed by atoms with E-state index in [0.29, 0.717) is 31.8 Å². The first-order valence-electron chi connectivity index (χ1n) is 6.16. The number of carboxylic acid groups (broad SMARTS) is 1. The van der Waals surface area contributed by atoms with Gasteiger partial charge < -0.3 is 19.5 Å². The van der Waals surface area contributed by atoms with Crippen LogP contribution in [0.25, 0.3) is 0 Å². The molecule has 1 aromatic rings. The number of ether oxygens (including phenoxy) is 2. The number of hydrogen-bond donors (Lipinski definition) is 1. The predicted molar refractivity (Wildman–Crippen MR) is 74.1 cm³/mol. The Morgan fingerprint density at radius 1 is 1.26 bits per heavy atom. The zero-order chi connectivity index (χ0) is 14.3. The van der Waals surface area contributed by atoms with Crippen molar-refractivity contribution in [3.8, 4) is 0 Å². The molecule has 0 saturated carbocycles. The molecule has 1 N–H and O–H groups in total. The second kappa shape index (κ2) is 7.76. The van der Waals surface area contributed by atoms with Crippen LogP contribution in [0, 0.1) is 0 Å². The molecule has 5 heteroatoms. The van der Waals surface area contributed by atoms with Crippen LogP contribution in [0.1, 0.15) is 15.9 Å². The van der Waals surface area contributed by atoms with Gasteiger partial charge in [-0.3, -0.25) is 0 Å². The van der Waals surface area contributed by atoms with Crippen molar-refractivity contribution in [1.82, 2.24) is 0 Å². The molecule has 0 heterocycles. The van der Waals surface area contributed by atoms with E-state index in [0.717, 1.165) is 11.3 Å². The quantitative estimate of drug-likeness (QED) is 0.726. The highest BCUT2D eigenvalue weighted by molar-refractivity contribution is 5.90. The zero-order valence-electron chi connectivity index (χ0n) is 11.7. The SMILES string of the molecule is COCCOCCc1cc(N(C)C)ccc1C(=O)O. The lowest BCUT2D eigenvalue weighted by molar-refractivity contribution is 0.0683. The Labute approximate surface area is 113 Å². The lowest BCUT2D eigenvalue weighted by Crippen LogP contribution is -2.12. The first kappa shape index (κ1) is 15.5. The smallest absolute Gasteiger partial charge is 0.335 e. The van der Waals surface area contributed by atoms with Crippen LogP contribution in [0.3, 0.4) is 0 Å². The molecule has 0 saturated heterocycles. The molecule has 106 valence electrons. The largest absolute Gasteiger partial charge is 0.478 e. The topological polar surface area (TPSA) is 59.0 Å². The molecule has 0 atom stereocenters. The number of benzene rings is 1. The van der Waals surface area contributed by atoms with Crippen LogP contribution in [0.5, 0.6) is 0 Å². The number of nitrogens with zero attached hydrogens (tertiary/aromatic N) is 1. The molecule has 0 radical (unpaired) electrons. The minimum absolute atomic E-state index is 0.334. The van der Waals surface area contributed by atoms with E-state index in [4.69, 9.17) is 14.6 Å². The van der Waals surface area contributed by atoms with E-state index < -0.39 is 5.97 Å². The van der Waals surface area contributed by atoms with Gasteiger partial charge in [-0.05, 0) is 30.2 Å². The predicted octanol–water partition coefficient (Wildman–Crippen LogP) is 1.66. The molecule has 19 heavy (non-hydrogen) atoms. The molecule has 0 bridgehead atoms. The Bertz CT molecular complexity index is 418. The molecule has 1 aromatic carbocycles. The Morgan fingerprint density at radius 3 is 2.58 bits per heavy atom. The Balaban J connectivity index is 2.71. The maximum Gasteiger partial charge on any atom is 0.335 e. The van der Waals surface area contributed by atoms with Crippen LogP contribution in [-0.2, 0) is 15.9 Å². The number of hydrogen-bond acceptors (Lipinski definition) is 4. The lowest BCUT2D eigenvalue weighted by atomic mass is 10.0. The second-order valence-corrected chi connectivity index (χ2v) is 4.40. The van der Waals surface area contributed by atoms with Gasteiger partial charge in [0.05, 0.1) is 25.4 Å². The van der Waals surface area contributed by atoms with Crippen molar-refractivity contribution >= 4 is 11.7 Å². The van der Waals surface area contributed by atoms with Crippen molar-refractivity contribution in [2.24, 2.45) is 0 Å². The van der Waals surface area contributed by atoms with Gasteiger partial charge in [0.15, 0.2) is 0 Å². The molecule has 0 aliphatic heterocycles. The van der Waals surface area contributed by atoms with Crippen LogP contribution in [0.2, 0.25) is 0 Å². The average Bonchev–Trinajstić information content (AvgIpc) is 2.38. The van der Waals surface area contributed by atoms with E-state index >= 15 is 0 Å². The third-order valence-corrected chi connectivity index (χ3v) is 2.78. The first-order valence-corrected chi connectivity index (χ1v) is 6.16. The molecule has 0 spiro atoms. The van der Waals surface area contributed by atoms with Crippen LogP contribution >= 0.6 is 0 Å². The molecule has 5 nitrogen and oxygen atoms in total. The van der Waals surface area contributed by atoms with Crippen LogP contribution in [-0.4, -0.2) is 52.1 Å². The molecular formula is C14H21NO4. The van der Waals surface area contributed by atoms with Crippen molar-refractivity contribution in [3.05, 3.63) is 29.3 Å². The highest BCUT2D eigenvalue weighted by Gasteiger charge is 2.11. The summed E-state index contributed by atoms with van der Waals surface area (Å²) in [6, 6.07) is 5.34. The zero-order valence-corrected chi connectivity index (χ0v) is 11.7. The third kappa shape index (κ3) is 4.89. The maximum atomic E-state index is 11.2. The highest BCUT2D eigenvalue weighted by atomic mass is 16.5. The lowest BCUT2D eigenvalue weighted by Gasteiger charge is -2.15. The molecule has 0 aliphatic rings. The van der Waals surface area contributed by atoms with Crippen molar-refractivity contribution in [2.45, 2.75) is 6.42 Å². The summed E-state index contributed by atoms with van der Waals surface area (Å²) < 4.78 is 10.3. The second-order valence-electron chi connectivity index (χ2n) is 4.40. The molecule has 0 aliphatic carbocycles. The fourth-order valence-corrected chi connectivity index (χ4v) is 1.70. The van der Waals surface area contributed by atoms with E-state index in [9.17, 15) is 4.79 Å². The molecule has 0 amide bonds. The van der Waals surface area contributed by atoms with Crippen LogP contribution < -0.4 is 4.90 Å². The fourth-order valence-electron chi connectivity index (χ4n) is 1.70. The van der Waals surface area contributed by atoms with Crippen molar-refractivity contribution in [1.29, 1.82) is 0 Å². The monoisotopic (exact) mass is 267 g/mol. The van der Waals surface area contributed by atoms with Crippen LogP contribution in [0.4, 0.5) is 5.69 Å². The summed E-state index contributed by atoms with van der Waals surface area (Å²) >= 11 is 0. The van der Waals surface area contributed by atoms with Crippen molar-refractivity contribution < 1.29 is 19.4 Å². The van der Waals surface area contributed by atoms with E-state index in [-0.39, 0.29) is 0 Å². The maximum absolute atomic E-state index is 11.2. The summed E-state index contributed by atoms with van der Waals surface area (Å²) in [6.07, 6.45) is 0.576. The van der Waals surface area contributed by atoms with Gasteiger partial charge in [0, 0.05) is 26.9 Å². The summed E-state index contributed by atoms with van der Waals surface area (Å²) in [5, 5.41) is 9.16. The van der Waals surface area contributed by atoms with E-state index in [2.05, 4.69) is 0 Å². The van der Waals surface area contributed by atoms with Gasteiger partial charge in [-0.2, -0.15) is 0 Å². The van der Waals surface area contributed by atoms with Crippen molar-refractivity contribution in [3.63, 3.8) is 0 Å². The molecule has 0 fully saturated rings. The van der Waals surface area contributed by atoms with Crippen molar-refractivity contribution in [2.75, 3.05) is 45.9 Å². The number of carboxylic acids is 1. The molecule has 0 unspecified atom stereocenters. The number of methoxy groups -OCH3 is 1. The first-order chi connectivity index (χ1) is 9.06. The van der Waals surface area contributed by atoms with Gasteiger partial charge >= 0.3 is 5.97 Å². The number of anilines is 1. The standard InChI is InChI=1S/C14H21NO4/c1-15(2)12-4-5-13(14(16)17)11(10-12)6-7-19-9-8-18-3/h4-5,10H,6-9H2,1-3H3,(H,16,17). The summed E-state index contributed by atoms with van der Waals surface area (Å²) in [6.45, 7) is 1.55. The van der Waals surface area contributed by atoms with E-state index in [1.54, 1.807) is 19.2 Å². The normalized spacial score (nSPS) is 10.5. The fraction of sp³-hybridized carbons (Fsp3) is 0.500. The molecular weight excluding hydrogens is 246 g/mol. The van der Waals surface area contributed by atoms with Crippen LogP contribution in [0.15, 0.2) is 18.2 Å². The number of carbonyl (C=O) groups is 1. The van der Waals surface area contributed by atoms with Gasteiger partial charge in [-0.25, -0.2) is 4.79 Å². The Morgan fingerprint density at radius 2 is 2.00 bits per heavy atom. The summed E-state index contributed by atoms with van der Waals surface area (Å²) in [4.78, 5) is 13.1. The van der Waals surface area contributed by atoms with Gasteiger partial charge in [-0.1, -0.05) is 0 Å². The van der Waals surface area contributed by atoms with E-state index in [1.165, 1.54) is 0 Å². The third-order valence-electron chi connectivity index (χ3n) is 2.78. The van der Waals surface area contributed by atoms with Gasteiger partial charge in [-0.15, -0.1) is 0 Å². The average molecular weight is 267 g/mol. The van der Waals surface area contributed by atoms with E-state index in [1.807, 2.05) is 25.1 Å². The summed E-state index contributed by atoms with van der Waals surface area (Å²) in [7, 11) is 5.47. The Kier molecular flexibility index (Phi) is 6.32. The van der Waals surface area contributed by atoms with Gasteiger partial charge in [0.25, 0.3) is 0 Å². The number of aromatic carboxylic acids is 1.